The summed E-state index contributed by atoms with van der Waals surface area (Å²) in [7, 11) is -3.78. The molecule has 0 radical (unpaired) electrons. The van der Waals surface area contributed by atoms with Gasteiger partial charge in [-0.25, -0.2) is 13.1 Å². The zero-order valence-corrected chi connectivity index (χ0v) is 18.6. The fraction of sp³-hybridized carbons (Fsp3) is 0.550. The average molecular weight is 424 g/mol. The molecule has 0 aliphatic rings. The molecule has 0 aliphatic heterocycles. The second-order valence-corrected chi connectivity index (χ2v) is 9.26. The Morgan fingerprint density at radius 3 is 2.24 bits per heavy atom. The maximum absolute atomic E-state index is 12.5. The number of esters is 1. The van der Waals surface area contributed by atoms with Crippen LogP contribution in [0.3, 0.4) is 0 Å². The summed E-state index contributed by atoms with van der Waals surface area (Å²) in [6.45, 7) is 9.79. The third-order valence-electron chi connectivity index (χ3n) is 4.64. The SMILES string of the molecule is Cc1cc(C)c(S(=O)(=O)NCCC(=O)OCC(=O)N[C@@](C)(C#N)C(C)C)c(C)c1. The van der Waals surface area contributed by atoms with Crippen molar-refractivity contribution in [3.63, 3.8) is 0 Å². The largest absolute Gasteiger partial charge is 0.456 e. The van der Waals surface area contributed by atoms with Gasteiger partial charge in [0.2, 0.25) is 10.0 Å². The first-order chi connectivity index (χ1) is 13.3. The Labute approximate surface area is 172 Å². The topological polar surface area (TPSA) is 125 Å². The molecule has 0 heterocycles. The minimum Gasteiger partial charge on any atom is -0.456 e. The molecule has 0 fully saturated rings. The van der Waals surface area contributed by atoms with Crippen molar-refractivity contribution in [1.82, 2.24) is 10.0 Å². The van der Waals surface area contributed by atoms with Crippen molar-refractivity contribution in [2.75, 3.05) is 13.2 Å². The molecule has 2 N–H and O–H groups in total. The van der Waals surface area contributed by atoms with Gasteiger partial charge in [0.05, 0.1) is 17.4 Å². The Kier molecular flexibility index (Phi) is 8.36. The number of nitriles is 1. The van der Waals surface area contributed by atoms with Gasteiger partial charge in [0.1, 0.15) is 5.54 Å². The number of nitrogens with one attached hydrogen (secondary N) is 2. The Morgan fingerprint density at radius 1 is 1.21 bits per heavy atom. The Bertz CT molecular complexity index is 896. The van der Waals surface area contributed by atoms with Crippen LogP contribution in [0, 0.1) is 38.0 Å². The van der Waals surface area contributed by atoms with Gasteiger partial charge in [-0.15, -0.1) is 0 Å². The van der Waals surface area contributed by atoms with Gasteiger partial charge in [-0.1, -0.05) is 31.5 Å². The fourth-order valence-corrected chi connectivity index (χ4v) is 4.28. The van der Waals surface area contributed by atoms with Crippen LogP contribution in [0.1, 0.15) is 43.9 Å². The molecule has 1 amide bonds. The average Bonchev–Trinajstić information content (AvgIpc) is 2.58. The normalized spacial score (nSPS) is 13.4. The van der Waals surface area contributed by atoms with Gasteiger partial charge >= 0.3 is 5.97 Å². The highest BCUT2D eigenvalue weighted by atomic mass is 32.2. The van der Waals surface area contributed by atoms with Crippen LogP contribution in [0.2, 0.25) is 0 Å². The zero-order valence-electron chi connectivity index (χ0n) is 17.8. The lowest BCUT2D eigenvalue weighted by Crippen LogP contribution is -2.50. The van der Waals surface area contributed by atoms with E-state index in [1.165, 1.54) is 0 Å². The maximum Gasteiger partial charge on any atom is 0.307 e. The number of hydrogen-bond donors (Lipinski definition) is 2. The molecule has 1 rings (SSSR count). The van der Waals surface area contributed by atoms with Crippen molar-refractivity contribution in [1.29, 1.82) is 5.26 Å². The van der Waals surface area contributed by atoms with Crippen molar-refractivity contribution in [3.05, 3.63) is 28.8 Å². The van der Waals surface area contributed by atoms with Crippen LogP contribution in [0.4, 0.5) is 0 Å². The number of sulfonamides is 1. The van der Waals surface area contributed by atoms with E-state index in [2.05, 4.69) is 10.0 Å². The van der Waals surface area contributed by atoms with E-state index in [0.29, 0.717) is 11.1 Å². The molecule has 9 heteroatoms. The van der Waals surface area contributed by atoms with Crippen LogP contribution >= 0.6 is 0 Å². The molecular weight excluding hydrogens is 394 g/mol. The highest BCUT2D eigenvalue weighted by Crippen LogP contribution is 2.21. The number of rotatable bonds is 9. The van der Waals surface area contributed by atoms with E-state index in [1.54, 1.807) is 46.8 Å². The molecule has 1 atom stereocenters. The Hall–Kier alpha value is -2.44. The van der Waals surface area contributed by atoms with E-state index in [0.717, 1.165) is 5.56 Å². The lowest BCUT2D eigenvalue weighted by Gasteiger charge is -2.27. The molecule has 0 saturated carbocycles. The summed E-state index contributed by atoms with van der Waals surface area (Å²) < 4.78 is 32.3. The van der Waals surface area contributed by atoms with Crippen molar-refractivity contribution < 1.29 is 22.7 Å². The molecular formula is C20H29N3O5S. The Balaban J connectivity index is 2.56. The summed E-state index contributed by atoms with van der Waals surface area (Å²) in [4.78, 5) is 23.9. The quantitative estimate of drug-likeness (QED) is 0.584. The van der Waals surface area contributed by atoms with E-state index in [-0.39, 0.29) is 23.8 Å². The van der Waals surface area contributed by atoms with Crippen molar-refractivity contribution in [3.8, 4) is 6.07 Å². The molecule has 0 saturated heterocycles. The second-order valence-electron chi connectivity index (χ2n) is 7.55. The van der Waals surface area contributed by atoms with Crippen LogP contribution in [0.15, 0.2) is 17.0 Å². The van der Waals surface area contributed by atoms with Gasteiger partial charge in [-0.3, -0.25) is 9.59 Å². The van der Waals surface area contributed by atoms with Crippen LogP contribution < -0.4 is 10.0 Å². The van der Waals surface area contributed by atoms with Crippen LogP contribution in [0.5, 0.6) is 0 Å². The molecule has 0 spiro atoms. The first-order valence-electron chi connectivity index (χ1n) is 9.27. The van der Waals surface area contributed by atoms with E-state index in [1.807, 2.05) is 13.0 Å². The molecule has 0 aliphatic carbocycles. The van der Waals surface area contributed by atoms with Crippen LogP contribution in [-0.4, -0.2) is 39.0 Å². The number of hydrogen-bond acceptors (Lipinski definition) is 6. The lowest BCUT2D eigenvalue weighted by molar-refractivity contribution is -0.148. The third-order valence-corrected chi connectivity index (χ3v) is 6.41. The van der Waals surface area contributed by atoms with Crippen molar-refractivity contribution >= 4 is 21.9 Å². The molecule has 160 valence electrons. The highest BCUT2D eigenvalue weighted by Gasteiger charge is 2.30. The Morgan fingerprint density at radius 2 is 1.76 bits per heavy atom. The summed E-state index contributed by atoms with van der Waals surface area (Å²) in [5.41, 5.74) is 1.15. The monoisotopic (exact) mass is 423 g/mol. The first-order valence-corrected chi connectivity index (χ1v) is 10.8. The third kappa shape index (κ3) is 6.84. The lowest BCUT2D eigenvalue weighted by atomic mass is 9.90. The predicted molar refractivity (Wildman–Crippen MR) is 108 cm³/mol. The minimum atomic E-state index is -3.78. The summed E-state index contributed by atoms with van der Waals surface area (Å²) in [5, 5.41) is 11.7. The van der Waals surface area contributed by atoms with E-state index in [9.17, 15) is 23.3 Å². The van der Waals surface area contributed by atoms with E-state index in [4.69, 9.17) is 4.74 Å². The van der Waals surface area contributed by atoms with Gasteiger partial charge in [-0.2, -0.15) is 5.26 Å². The molecule has 0 unspecified atom stereocenters. The zero-order chi connectivity index (χ0) is 22.4. The smallest absolute Gasteiger partial charge is 0.307 e. The van der Waals surface area contributed by atoms with Crippen LogP contribution in [0.25, 0.3) is 0 Å². The molecule has 0 bridgehead atoms. The minimum absolute atomic E-state index is 0.129. The summed E-state index contributed by atoms with van der Waals surface area (Å²) in [6.07, 6.45) is -0.226. The van der Waals surface area contributed by atoms with Gasteiger partial charge in [0, 0.05) is 6.54 Å². The predicted octanol–water partition coefficient (Wildman–Crippen LogP) is 1.88. The molecule has 8 nitrogen and oxygen atoms in total. The van der Waals surface area contributed by atoms with Gasteiger partial charge in [0.25, 0.3) is 5.91 Å². The van der Waals surface area contributed by atoms with E-state index >= 15 is 0 Å². The van der Waals surface area contributed by atoms with E-state index < -0.39 is 34.0 Å². The number of aryl methyl sites for hydroxylation is 3. The highest BCUT2D eigenvalue weighted by molar-refractivity contribution is 7.89. The molecule has 1 aromatic rings. The molecule has 1 aromatic carbocycles. The number of amides is 1. The van der Waals surface area contributed by atoms with Gasteiger partial charge in [-0.05, 0) is 44.7 Å². The standard InChI is InChI=1S/C20H29N3O5S/c1-13(2)20(6,12-21)23-17(24)11-28-18(25)7-8-22-29(26,27)19-15(4)9-14(3)10-16(19)5/h9-10,13,22H,7-8,11H2,1-6H3,(H,23,24)/t20-/m0/s1. The van der Waals surface area contributed by atoms with Crippen LogP contribution in [-0.2, 0) is 24.3 Å². The summed E-state index contributed by atoms with van der Waals surface area (Å²) >= 11 is 0. The molecule has 0 aromatic heterocycles. The summed E-state index contributed by atoms with van der Waals surface area (Å²) in [5.74, 6) is -1.44. The first kappa shape index (κ1) is 24.6. The van der Waals surface area contributed by atoms with Gasteiger partial charge in [0.15, 0.2) is 6.61 Å². The van der Waals surface area contributed by atoms with Gasteiger partial charge < -0.3 is 10.1 Å². The maximum atomic E-state index is 12.5. The number of nitrogens with zero attached hydrogens (tertiary/aromatic N) is 1. The number of carbonyl (C=O) groups excluding carboxylic acids is 2. The number of benzene rings is 1. The molecule has 29 heavy (non-hydrogen) atoms. The second kappa shape index (κ2) is 9.85. The summed E-state index contributed by atoms with van der Waals surface area (Å²) in [6, 6.07) is 5.58. The number of carbonyl (C=O) groups is 2. The van der Waals surface area contributed by atoms with Crippen molar-refractivity contribution in [2.45, 2.75) is 58.4 Å². The fourth-order valence-electron chi connectivity index (χ4n) is 2.80. The number of ether oxygens (including phenoxy) is 1. The van der Waals surface area contributed by atoms with Crippen molar-refractivity contribution in [2.24, 2.45) is 5.92 Å².